The van der Waals surface area contributed by atoms with Gasteiger partial charge < -0.3 is 14.8 Å². The number of nitrogens with zero attached hydrogens (tertiary/aromatic N) is 1. The van der Waals surface area contributed by atoms with Gasteiger partial charge in [0.15, 0.2) is 11.5 Å². The molecular weight excluding hydrogens is 388 g/mol. The van der Waals surface area contributed by atoms with Gasteiger partial charge in [-0.1, -0.05) is 30.3 Å². The number of amides is 1. The van der Waals surface area contributed by atoms with E-state index in [1.807, 2.05) is 6.92 Å². The SMILES string of the molecule is COc1c(OCC2CC2)ccc2c1CCN(Cc1ccc([C@H](C)NC(C)=O)cc1)C2C. The number of fused-ring (bicyclic) bond motifs is 1. The van der Waals surface area contributed by atoms with Crippen molar-refractivity contribution >= 4 is 5.91 Å². The number of methoxy groups -OCH3 is 1. The predicted molar refractivity (Wildman–Crippen MR) is 122 cm³/mol. The molecule has 2 aliphatic rings. The molecule has 5 nitrogen and oxygen atoms in total. The Balaban J connectivity index is 1.45. The summed E-state index contributed by atoms with van der Waals surface area (Å²) in [6, 6.07) is 13.2. The van der Waals surface area contributed by atoms with E-state index < -0.39 is 0 Å². The lowest BCUT2D eigenvalue weighted by Crippen LogP contribution is -2.33. The molecule has 166 valence electrons. The minimum Gasteiger partial charge on any atom is -0.493 e. The Labute approximate surface area is 185 Å². The Morgan fingerprint density at radius 2 is 1.94 bits per heavy atom. The summed E-state index contributed by atoms with van der Waals surface area (Å²) in [6.07, 6.45) is 3.53. The summed E-state index contributed by atoms with van der Waals surface area (Å²) in [6.45, 7) is 8.52. The lowest BCUT2D eigenvalue weighted by molar-refractivity contribution is -0.119. The molecule has 1 fully saturated rings. The normalized spacial score (nSPS) is 19.4. The number of ether oxygens (including phenoxy) is 2. The van der Waals surface area contributed by atoms with Gasteiger partial charge >= 0.3 is 0 Å². The third kappa shape index (κ3) is 5.04. The molecule has 0 aromatic heterocycles. The second-order valence-corrected chi connectivity index (χ2v) is 8.98. The highest BCUT2D eigenvalue weighted by Crippen LogP contribution is 2.42. The lowest BCUT2D eigenvalue weighted by Gasteiger charge is -2.36. The Bertz CT molecular complexity index is 921. The van der Waals surface area contributed by atoms with Gasteiger partial charge in [0.25, 0.3) is 0 Å². The zero-order chi connectivity index (χ0) is 22.0. The van der Waals surface area contributed by atoms with Crippen molar-refractivity contribution in [3.8, 4) is 11.5 Å². The first-order valence-corrected chi connectivity index (χ1v) is 11.4. The van der Waals surface area contributed by atoms with Crippen molar-refractivity contribution in [1.82, 2.24) is 10.2 Å². The number of hydrogen-bond donors (Lipinski definition) is 1. The molecule has 1 unspecified atom stereocenters. The fourth-order valence-electron chi connectivity index (χ4n) is 4.50. The van der Waals surface area contributed by atoms with E-state index in [0.29, 0.717) is 6.04 Å². The van der Waals surface area contributed by atoms with E-state index in [4.69, 9.17) is 9.47 Å². The zero-order valence-electron chi connectivity index (χ0n) is 19.1. The fourth-order valence-corrected chi connectivity index (χ4v) is 4.50. The molecule has 1 N–H and O–H groups in total. The maximum absolute atomic E-state index is 11.3. The van der Waals surface area contributed by atoms with Gasteiger partial charge in [0.2, 0.25) is 5.91 Å². The van der Waals surface area contributed by atoms with E-state index in [0.717, 1.165) is 49.1 Å². The maximum Gasteiger partial charge on any atom is 0.217 e. The largest absolute Gasteiger partial charge is 0.493 e. The molecule has 1 aliphatic heterocycles. The third-order valence-electron chi connectivity index (χ3n) is 6.57. The van der Waals surface area contributed by atoms with E-state index in [-0.39, 0.29) is 11.9 Å². The van der Waals surface area contributed by atoms with Crippen molar-refractivity contribution in [2.45, 2.75) is 58.7 Å². The average molecular weight is 423 g/mol. The van der Waals surface area contributed by atoms with Gasteiger partial charge in [-0.2, -0.15) is 0 Å². The number of benzene rings is 2. The molecule has 0 saturated heterocycles. The van der Waals surface area contributed by atoms with Gasteiger partial charge in [0.1, 0.15) is 0 Å². The summed E-state index contributed by atoms with van der Waals surface area (Å²) < 4.78 is 11.9. The molecular formula is C26H34N2O3. The summed E-state index contributed by atoms with van der Waals surface area (Å²) in [5.41, 5.74) is 5.03. The molecule has 0 radical (unpaired) electrons. The van der Waals surface area contributed by atoms with Crippen LogP contribution in [0, 0.1) is 5.92 Å². The Hall–Kier alpha value is -2.53. The smallest absolute Gasteiger partial charge is 0.217 e. The van der Waals surface area contributed by atoms with Crippen LogP contribution in [0.3, 0.4) is 0 Å². The molecule has 0 spiro atoms. The zero-order valence-corrected chi connectivity index (χ0v) is 19.1. The first kappa shape index (κ1) is 21.7. The van der Waals surface area contributed by atoms with Crippen molar-refractivity contribution < 1.29 is 14.3 Å². The van der Waals surface area contributed by atoms with Crippen LogP contribution in [0.5, 0.6) is 11.5 Å². The number of hydrogen-bond acceptors (Lipinski definition) is 4. The topological polar surface area (TPSA) is 50.8 Å². The van der Waals surface area contributed by atoms with Crippen LogP contribution in [0.4, 0.5) is 0 Å². The summed E-state index contributed by atoms with van der Waals surface area (Å²) in [5.74, 6) is 2.52. The molecule has 5 heteroatoms. The van der Waals surface area contributed by atoms with E-state index in [9.17, 15) is 4.79 Å². The van der Waals surface area contributed by atoms with Crippen LogP contribution < -0.4 is 14.8 Å². The minimum atomic E-state index is -0.00564. The third-order valence-corrected chi connectivity index (χ3v) is 6.57. The molecule has 4 rings (SSSR count). The van der Waals surface area contributed by atoms with Crippen LogP contribution in [0.2, 0.25) is 0 Å². The van der Waals surface area contributed by atoms with Crippen LogP contribution in [-0.2, 0) is 17.8 Å². The quantitative estimate of drug-likeness (QED) is 0.664. The lowest BCUT2D eigenvalue weighted by atomic mass is 9.91. The van der Waals surface area contributed by atoms with E-state index in [2.05, 4.69) is 53.5 Å². The summed E-state index contributed by atoms with van der Waals surface area (Å²) in [4.78, 5) is 13.8. The van der Waals surface area contributed by atoms with Crippen LogP contribution in [0.15, 0.2) is 36.4 Å². The molecule has 1 aliphatic carbocycles. The minimum absolute atomic E-state index is 0.00564. The maximum atomic E-state index is 11.3. The van der Waals surface area contributed by atoms with Crippen molar-refractivity contribution in [3.05, 3.63) is 58.7 Å². The highest BCUT2D eigenvalue weighted by molar-refractivity contribution is 5.73. The van der Waals surface area contributed by atoms with Crippen LogP contribution in [0.25, 0.3) is 0 Å². The van der Waals surface area contributed by atoms with Gasteiger partial charge in [-0.3, -0.25) is 9.69 Å². The average Bonchev–Trinajstić information content (AvgIpc) is 3.58. The number of carbonyl (C=O) groups excluding carboxylic acids is 1. The highest BCUT2D eigenvalue weighted by Gasteiger charge is 2.29. The van der Waals surface area contributed by atoms with Crippen molar-refractivity contribution in [2.24, 2.45) is 5.92 Å². The fraction of sp³-hybridized carbons (Fsp3) is 0.500. The highest BCUT2D eigenvalue weighted by atomic mass is 16.5. The molecule has 0 bridgehead atoms. The van der Waals surface area contributed by atoms with Crippen LogP contribution >= 0.6 is 0 Å². The molecule has 2 aromatic carbocycles. The van der Waals surface area contributed by atoms with Gasteiger partial charge in [-0.15, -0.1) is 0 Å². The van der Waals surface area contributed by atoms with E-state index in [1.54, 1.807) is 14.0 Å². The molecule has 1 heterocycles. The van der Waals surface area contributed by atoms with Crippen molar-refractivity contribution in [2.75, 3.05) is 20.3 Å². The Kier molecular flexibility index (Phi) is 6.51. The van der Waals surface area contributed by atoms with Gasteiger partial charge in [0.05, 0.1) is 19.8 Å². The molecule has 1 saturated carbocycles. The molecule has 2 atom stereocenters. The standard InChI is InChI=1S/C26H34N2O3/c1-17(27-19(3)29)22-9-7-20(8-10-22)15-28-14-13-24-23(18(28)2)11-12-25(26(24)30-4)31-16-21-5-6-21/h7-12,17-18,21H,5-6,13-16H2,1-4H3,(H,27,29)/t17-,18?/m0/s1. The second-order valence-electron chi connectivity index (χ2n) is 8.98. The van der Waals surface area contributed by atoms with Gasteiger partial charge in [-0.05, 0) is 61.8 Å². The summed E-state index contributed by atoms with van der Waals surface area (Å²) >= 11 is 0. The number of nitrogens with one attached hydrogen (secondary N) is 1. The molecule has 31 heavy (non-hydrogen) atoms. The summed E-state index contributed by atoms with van der Waals surface area (Å²) in [7, 11) is 1.75. The Morgan fingerprint density at radius 1 is 1.19 bits per heavy atom. The first-order chi connectivity index (χ1) is 15.0. The summed E-state index contributed by atoms with van der Waals surface area (Å²) in [5, 5.41) is 2.94. The van der Waals surface area contributed by atoms with Crippen LogP contribution in [0.1, 0.15) is 68.0 Å². The first-order valence-electron chi connectivity index (χ1n) is 11.4. The van der Waals surface area contributed by atoms with Crippen molar-refractivity contribution in [3.63, 3.8) is 0 Å². The predicted octanol–water partition coefficient (Wildman–Crippen LogP) is 4.80. The van der Waals surface area contributed by atoms with Crippen molar-refractivity contribution in [1.29, 1.82) is 0 Å². The van der Waals surface area contributed by atoms with Gasteiger partial charge in [0, 0.05) is 31.6 Å². The van der Waals surface area contributed by atoms with E-state index >= 15 is 0 Å². The second kappa shape index (κ2) is 9.31. The van der Waals surface area contributed by atoms with Crippen LogP contribution in [-0.4, -0.2) is 31.1 Å². The Morgan fingerprint density at radius 3 is 2.58 bits per heavy atom. The van der Waals surface area contributed by atoms with Gasteiger partial charge in [-0.25, -0.2) is 0 Å². The van der Waals surface area contributed by atoms with E-state index in [1.165, 1.54) is 29.5 Å². The molecule has 1 amide bonds. The molecule has 2 aromatic rings. The number of rotatable bonds is 8. The monoisotopic (exact) mass is 422 g/mol. The number of carbonyl (C=O) groups is 1.